The zero-order valence-electron chi connectivity index (χ0n) is 11.5. The van der Waals surface area contributed by atoms with E-state index in [9.17, 15) is 0 Å². The summed E-state index contributed by atoms with van der Waals surface area (Å²) in [5.41, 5.74) is 4.69. The van der Waals surface area contributed by atoms with Crippen molar-refractivity contribution >= 4 is 17.5 Å². The Bertz CT molecular complexity index is 562. The molecule has 0 heterocycles. The molecule has 0 aliphatic rings. The van der Waals surface area contributed by atoms with Crippen molar-refractivity contribution in [1.29, 1.82) is 0 Å². The Labute approximate surface area is 115 Å². The molecule has 0 amide bonds. The van der Waals surface area contributed by atoms with E-state index in [1.807, 2.05) is 43.5 Å². The zero-order valence-corrected chi connectivity index (χ0v) is 11.5. The van der Waals surface area contributed by atoms with Crippen molar-refractivity contribution in [3.8, 4) is 0 Å². The molecular weight excluding hydrogens is 230 g/mol. The van der Waals surface area contributed by atoms with Crippen LogP contribution in [0.5, 0.6) is 0 Å². The summed E-state index contributed by atoms with van der Waals surface area (Å²) in [6.07, 6.45) is 5.09. The molecule has 0 bridgehead atoms. The minimum atomic E-state index is 0.979. The maximum absolute atomic E-state index is 4.50. The molecule has 0 atom stereocenters. The molecule has 0 saturated carbocycles. The fraction of sp³-hybridized carbons (Fsp3) is 0.167. The normalized spacial score (nSPS) is 12.0. The van der Waals surface area contributed by atoms with Crippen LogP contribution in [0.15, 0.2) is 65.7 Å². The lowest BCUT2D eigenvalue weighted by Gasteiger charge is -2.03. The van der Waals surface area contributed by atoms with Gasteiger partial charge in [-0.3, -0.25) is 4.99 Å². The fourth-order valence-corrected chi connectivity index (χ4v) is 1.91. The van der Waals surface area contributed by atoms with Crippen molar-refractivity contribution in [3.05, 3.63) is 71.8 Å². The first kappa shape index (κ1) is 13.3. The van der Waals surface area contributed by atoms with Crippen LogP contribution in [0.4, 0.5) is 5.69 Å². The van der Waals surface area contributed by atoms with Gasteiger partial charge in [0.2, 0.25) is 0 Å². The highest BCUT2D eigenvalue weighted by molar-refractivity contribution is 6.10. The van der Waals surface area contributed by atoms with Crippen LogP contribution in [0.3, 0.4) is 0 Å². The third kappa shape index (κ3) is 3.65. The van der Waals surface area contributed by atoms with E-state index in [1.165, 1.54) is 11.1 Å². The lowest BCUT2D eigenvalue weighted by atomic mass is 10.0. The summed E-state index contributed by atoms with van der Waals surface area (Å²) in [4.78, 5) is 4.50. The van der Waals surface area contributed by atoms with Crippen molar-refractivity contribution in [1.82, 2.24) is 0 Å². The minimum Gasteiger partial charge on any atom is -0.256 e. The highest BCUT2D eigenvalue weighted by Gasteiger charge is 1.98. The van der Waals surface area contributed by atoms with Gasteiger partial charge in [0.1, 0.15) is 0 Å². The van der Waals surface area contributed by atoms with Gasteiger partial charge in [0, 0.05) is 6.21 Å². The molecule has 0 aliphatic heterocycles. The molecule has 0 unspecified atom stereocenters. The number of allylic oxidation sites excluding steroid dienone is 2. The molecule has 0 radical (unpaired) electrons. The Hall–Kier alpha value is -2.15. The number of benzene rings is 2. The van der Waals surface area contributed by atoms with Gasteiger partial charge in [-0.05, 0) is 42.2 Å². The number of hydrogen-bond donors (Lipinski definition) is 0. The van der Waals surface area contributed by atoms with Crippen molar-refractivity contribution in [2.45, 2.75) is 20.3 Å². The number of aliphatic imine (C=N–C) groups is 1. The highest BCUT2D eigenvalue weighted by atomic mass is 14.7. The van der Waals surface area contributed by atoms with Crippen LogP contribution in [-0.4, -0.2) is 6.21 Å². The van der Waals surface area contributed by atoms with Gasteiger partial charge in [-0.1, -0.05) is 55.5 Å². The van der Waals surface area contributed by atoms with E-state index >= 15 is 0 Å². The van der Waals surface area contributed by atoms with E-state index in [2.05, 4.69) is 42.3 Å². The molecule has 96 valence electrons. The summed E-state index contributed by atoms with van der Waals surface area (Å²) in [5.74, 6) is 0. The summed E-state index contributed by atoms with van der Waals surface area (Å²) in [5, 5.41) is 0. The largest absolute Gasteiger partial charge is 0.256 e. The van der Waals surface area contributed by atoms with E-state index < -0.39 is 0 Å². The molecule has 0 saturated heterocycles. The van der Waals surface area contributed by atoms with Gasteiger partial charge in [0.15, 0.2) is 0 Å². The van der Waals surface area contributed by atoms with Gasteiger partial charge in [-0.25, -0.2) is 0 Å². The van der Waals surface area contributed by atoms with Crippen molar-refractivity contribution < 1.29 is 0 Å². The second-order valence-electron chi connectivity index (χ2n) is 4.39. The number of hydrogen-bond acceptors (Lipinski definition) is 1. The summed E-state index contributed by atoms with van der Waals surface area (Å²) in [6.45, 7) is 4.21. The molecule has 2 aromatic rings. The Morgan fingerprint density at radius 1 is 1.00 bits per heavy atom. The molecule has 19 heavy (non-hydrogen) atoms. The molecule has 0 aromatic heterocycles. The molecule has 0 fully saturated rings. The van der Waals surface area contributed by atoms with Crippen LogP contribution in [0.25, 0.3) is 5.57 Å². The second kappa shape index (κ2) is 6.69. The maximum atomic E-state index is 4.50. The van der Waals surface area contributed by atoms with Gasteiger partial charge in [-0.2, -0.15) is 0 Å². The molecular formula is C18H19N. The summed E-state index contributed by atoms with van der Waals surface area (Å²) >= 11 is 0. The number of rotatable bonds is 4. The summed E-state index contributed by atoms with van der Waals surface area (Å²) in [7, 11) is 0. The fourth-order valence-electron chi connectivity index (χ4n) is 1.91. The van der Waals surface area contributed by atoms with Crippen LogP contribution in [-0.2, 0) is 6.42 Å². The third-order valence-corrected chi connectivity index (χ3v) is 3.12. The van der Waals surface area contributed by atoms with Gasteiger partial charge in [0.25, 0.3) is 0 Å². The number of aryl methyl sites for hydroxylation is 1. The minimum absolute atomic E-state index is 0.979. The first-order valence-electron chi connectivity index (χ1n) is 6.68. The van der Waals surface area contributed by atoms with Gasteiger partial charge >= 0.3 is 0 Å². The quantitative estimate of drug-likeness (QED) is 0.672. The molecule has 0 spiro atoms. The van der Waals surface area contributed by atoms with Crippen LogP contribution in [0.2, 0.25) is 0 Å². The van der Waals surface area contributed by atoms with Gasteiger partial charge in [0.05, 0.1) is 5.69 Å². The standard InChI is InChI=1S/C18H19N/c1-3-15-10-12-17(13-11-15)16(4-2)14-19-18-8-6-5-7-9-18/h4-14H,3H2,1-2H3/b16-4+,19-14?. The Morgan fingerprint density at radius 3 is 2.26 bits per heavy atom. The Morgan fingerprint density at radius 2 is 1.68 bits per heavy atom. The maximum Gasteiger partial charge on any atom is 0.0629 e. The van der Waals surface area contributed by atoms with E-state index in [0.29, 0.717) is 0 Å². The Kier molecular flexibility index (Phi) is 4.68. The summed E-state index contributed by atoms with van der Waals surface area (Å²) < 4.78 is 0. The van der Waals surface area contributed by atoms with E-state index in [0.717, 1.165) is 17.7 Å². The number of para-hydroxylation sites is 1. The van der Waals surface area contributed by atoms with Crippen LogP contribution in [0, 0.1) is 0 Å². The molecule has 0 aliphatic carbocycles. The monoisotopic (exact) mass is 249 g/mol. The lowest BCUT2D eigenvalue weighted by molar-refractivity contribution is 1.14. The predicted molar refractivity (Wildman–Crippen MR) is 84.1 cm³/mol. The highest BCUT2D eigenvalue weighted by Crippen LogP contribution is 2.16. The topological polar surface area (TPSA) is 12.4 Å². The van der Waals surface area contributed by atoms with Crippen LogP contribution in [0.1, 0.15) is 25.0 Å². The predicted octanol–water partition coefficient (Wildman–Crippen LogP) is 5.05. The van der Waals surface area contributed by atoms with Crippen molar-refractivity contribution in [2.75, 3.05) is 0 Å². The van der Waals surface area contributed by atoms with Crippen molar-refractivity contribution in [3.63, 3.8) is 0 Å². The summed E-state index contributed by atoms with van der Waals surface area (Å²) in [6, 6.07) is 18.7. The van der Waals surface area contributed by atoms with Gasteiger partial charge in [-0.15, -0.1) is 0 Å². The lowest BCUT2D eigenvalue weighted by Crippen LogP contribution is -1.87. The molecule has 2 aromatic carbocycles. The second-order valence-corrected chi connectivity index (χ2v) is 4.39. The molecule has 1 heteroatoms. The molecule has 0 N–H and O–H groups in total. The van der Waals surface area contributed by atoms with E-state index in [4.69, 9.17) is 0 Å². The average Bonchev–Trinajstić information content (AvgIpc) is 2.49. The third-order valence-electron chi connectivity index (χ3n) is 3.12. The van der Waals surface area contributed by atoms with Crippen LogP contribution >= 0.6 is 0 Å². The number of nitrogens with zero attached hydrogens (tertiary/aromatic N) is 1. The van der Waals surface area contributed by atoms with Crippen LogP contribution < -0.4 is 0 Å². The van der Waals surface area contributed by atoms with Crippen molar-refractivity contribution in [2.24, 2.45) is 4.99 Å². The molecule has 2 rings (SSSR count). The van der Waals surface area contributed by atoms with E-state index in [1.54, 1.807) is 0 Å². The average molecular weight is 249 g/mol. The van der Waals surface area contributed by atoms with E-state index in [-0.39, 0.29) is 0 Å². The first-order valence-corrected chi connectivity index (χ1v) is 6.68. The molecule has 1 nitrogen and oxygen atoms in total. The van der Waals surface area contributed by atoms with Gasteiger partial charge < -0.3 is 0 Å². The SMILES string of the molecule is C/C=C(\C=Nc1ccccc1)c1ccc(CC)cc1. The first-order chi connectivity index (χ1) is 9.33. The Balaban J connectivity index is 2.18. The smallest absolute Gasteiger partial charge is 0.0629 e. The zero-order chi connectivity index (χ0) is 13.5.